The van der Waals surface area contributed by atoms with E-state index in [1.165, 1.54) is 38.5 Å². The van der Waals surface area contributed by atoms with Crippen LogP contribution in [-0.4, -0.2) is 50.1 Å². The molecule has 3 rings (SSSR count). The molecule has 0 radical (unpaired) electrons. The van der Waals surface area contributed by atoms with E-state index in [4.69, 9.17) is 4.74 Å². The van der Waals surface area contributed by atoms with Crippen LogP contribution in [0.15, 0.2) is 0 Å². The average Bonchev–Trinajstić information content (AvgIpc) is 2.85. The summed E-state index contributed by atoms with van der Waals surface area (Å²) in [4.78, 5) is 0. The van der Waals surface area contributed by atoms with Crippen molar-refractivity contribution in [3.63, 3.8) is 0 Å². The second-order valence-corrected chi connectivity index (χ2v) is 6.78. The molecule has 19 heavy (non-hydrogen) atoms. The minimum absolute atomic E-state index is 0.155. The summed E-state index contributed by atoms with van der Waals surface area (Å²) in [7, 11) is 0. The average molecular weight is 268 g/mol. The fourth-order valence-electron chi connectivity index (χ4n) is 3.98. The summed E-state index contributed by atoms with van der Waals surface area (Å²) in [6.45, 7) is 4.63. The Morgan fingerprint density at radius 2 is 1.84 bits per heavy atom. The van der Waals surface area contributed by atoms with Crippen molar-refractivity contribution in [3.8, 4) is 0 Å². The van der Waals surface area contributed by atoms with Gasteiger partial charge in [0.1, 0.15) is 0 Å². The summed E-state index contributed by atoms with van der Waals surface area (Å²) in [6.07, 6.45) is 7.71. The van der Waals surface area contributed by atoms with Crippen molar-refractivity contribution in [2.45, 2.75) is 50.7 Å². The predicted octanol–water partition coefficient (Wildman–Crippen LogP) is 0.896. The highest BCUT2D eigenvalue weighted by Crippen LogP contribution is 2.44. The molecule has 0 bridgehead atoms. The summed E-state index contributed by atoms with van der Waals surface area (Å²) in [5, 5.41) is 16.7. The maximum absolute atomic E-state index is 9.80. The van der Waals surface area contributed by atoms with E-state index in [0.29, 0.717) is 17.4 Å². The molecule has 2 unspecified atom stereocenters. The van der Waals surface area contributed by atoms with Gasteiger partial charge in [0, 0.05) is 44.8 Å². The number of hydrogen-bond acceptors (Lipinski definition) is 4. The van der Waals surface area contributed by atoms with Crippen molar-refractivity contribution in [3.05, 3.63) is 0 Å². The number of aliphatic hydroxyl groups excluding tert-OH is 1. The van der Waals surface area contributed by atoms with Gasteiger partial charge in [-0.3, -0.25) is 0 Å². The van der Waals surface area contributed by atoms with Gasteiger partial charge in [-0.05, 0) is 43.9 Å². The zero-order valence-corrected chi connectivity index (χ0v) is 11.9. The van der Waals surface area contributed by atoms with E-state index in [-0.39, 0.29) is 6.10 Å². The van der Waals surface area contributed by atoms with E-state index in [1.54, 1.807) is 0 Å². The van der Waals surface area contributed by atoms with Crippen LogP contribution in [0.25, 0.3) is 0 Å². The molecule has 1 aliphatic carbocycles. The van der Waals surface area contributed by atoms with Crippen molar-refractivity contribution in [2.75, 3.05) is 32.8 Å². The van der Waals surface area contributed by atoms with Gasteiger partial charge in [-0.25, -0.2) is 0 Å². The molecule has 0 aromatic rings. The lowest BCUT2D eigenvalue weighted by molar-refractivity contribution is -0.00961. The second-order valence-electron chi connectivity index (χ2n) is 6.78. The fraction of sp³-hybridized carbons (Fsp3) is 1.00. The highest BCUT2D eigenvalue weighted by atomic mass is 16.5. The quantitative estimate of drug-likeness (QED) is 0.712. The normalized spacial score (nSPS) is 35.8. The van der Waals surface area contributed by atoms with Crippen LogP contribution in [0.3, 0.4) is 0 Å². The molecule has 2 heterocycles. The third-order valence-corrected chi connectivity index (χ3v) is 5.57. The molecule has 4 heteroatoms. The van der Waals surface area contributed by atoms with Gasteiger partial charge in [0.05, 0.1) is 6.10 Å². The Labute approximate surface area is 116 Å². The van der Waals surface area contributed by atoms with Crippen molar-refractivity contribution in [1.82, 2.24) is 10.6 Å². The molecule has 0 amide bonds. The summed E-state index contributed by atoms with van der Waals surface area (Å²) in [6, 6.07) is 0.668. The summed E-state index contributed by atoms with van der Waals surface area (Å²) < 4.78 is 5.50. The molecule has 3 aliphatic rings. The smallest absolute Gasteiger partial charge is 0.0716 e. The van der Waals surface area contributed by atoms with Crippen LogP contribution in [0.2, 0.25) is 0 Å². The Morgan fingerprint density at radius 3 is 2.47 bits per heavy atom. The zero-order valence-electron chi connectivity index (χ0n) is 11.9. The van der Waals surface area contributed by atoms with E-state index in [9.17, 15) is 5.11 Å². The van der Waals surface area contributed by atoms with E-state index >= 15 is 0 Å². The largest absolute Gasteiger partial charge is 0.391 e. The number of aliphatic hydroxyl groups is 1. The third kappa shape index (κ3) is 3.30. The molecule has 110 valence electrons. The Hall–Kier alpha value is -0.160. The van der Waals surface area contributed by atoms with Gasteiger partial charge in [0.15, 0.2) is 0 Å². The first-order valence-corrected chi connectivity index (χ1v) is 7.97. The van der Waals surface area contributed by atoms with E-state index < -0.39 is 0 Å². The topological polar surface area (TPSA) is 53.5 Å². The van der Waals surface area contributed by atoms with Crippen LogP contribution in [0.5, 0.6) is 0 Å². The first kappa shape index (κ1) is 13.8. The van der Waals surface area contributed by atoms with Gasteiger partial charge in [-0.1, -0.05) is 0 Å². The van der Waals surface area contributed by atoms with Crippen LogP contribution in [0, 0.1) is 11.3 Å². The Kier molecular flexibility index (Phi) is 4.42. The molecule has 4 nitrogen and oxygen atoms in total. The van der Waals surface area contributed by atoms with Crippen LogP contribution in [0.1, 0.15) is 38.5 Å². The van der Waals surface area contributed by atoms with E-state index in [1.807, 2.05) is 0 Å². The van der Waals surface area contributed by atoms with Gasteiger partial charge in [-0.2, -0.15) is 0 Å². The maximum Gasteiger partial charge on any atom is 0.0716 e. The van der Waals surface area contributed by atoms with Gasteiger partial charge >= 0.3 is 0 Å². The molecular formula is C15H28N2O2. The van der Waals surface area contributed by atoms with Crippen molar-refractivity contribution in [1.29, 1.82) is 0 Å². The molecule has 1 saturated carbocycles. The predicted molar refractivity (Wildman–Crippen MR) is 75.1 cm³/mol. The minimum atomic E-state index is -0.155. The van der Waals surface area contributed by atoms with Crippen LogP contribution >= 0.6 is 0 Å². The standard InChI is InChI=1S/C15H28N2O2/c18-14-11-16-9-12(14)10-17-13-1-3-15(4-2-13)5-7-19-8-6-15/h12-14,16-18H,1-11H2. The number of rotatable bonds is 3. The first-order chi connectivity index (χ1) is 9.27. The lowest BCUT2D eigenvalue weighted by atomic mass is 9.68. The maximum atomic E-state index is 9.80. The fourth-order valence-corrected chi connectivity index (χ4v) is 3.98. The van der Waals surface area contributed by atoms with Crippen LogP contribution in [0.4, 0.5) is 0 Å². The number of nitrogens with one attached hydrogen (secondary N) is 2. The SMILES string of the molecule is OC1CNCC1CNC1CCC2(CCOCC2)CC1. The number of hydrogen-bond donors (Lipinski definition) is 3. The van der Waals surface area contributed by atoms with Crippen LogP contribution < -0.4 is 10.6 Å². The van der Waals surface area contributed by atoms with Crippen molar-refractivity contribution in [2.24, 2.45) is 11.3 Å². The second kappa shape index (κ2) is 6.08. The van der Waals surface area contributed by atoms with Crippen LogP contribution in [-0.2, 0) is 4.74 Å². The monoisotopic (exact) mass is 268 g/mol. The molecule has 2 saturated heterocycles. The zero-order chi connectivity index (χ0) is 13.1. The Morgan fingerprint density at radius 1 is 1.11 bits per heavy atom. The van der Waals surface area contributed by atoms with Gasteiger partial charge in [0.2, 0.25) is 0 Å². The Bertz CT molecular complexity index is 282. The van der Waals surface area contributed by atoms with Gasteiger partial charge < -0.3 is 20.5 Å². The van der Waals surface area contributed by atoms with E-state index in [0.717, 1.165) is 32.8 Å². The summed E-state index contributed by atoms with van der Waals surface area (Å²) in [5.41, 5.74) is 0.602. The van der Waals surface area contributed by atoms with Gasteiger partial charge in [0.25, 0.3) is 0 Å². The molecule has 2 aliphatic heterocycles. The molecular weight excluding hydrogens is 240 g/mol. The van der Waals surface area contributed by atoms with Crippen molar-refractivity contribution >= 4 is 0 Å². The minimum Gasteiger partial charge on any atom is -0.391 e. The molecule has 1 spiro atoms. The molecule has 0 aromatic heterocycles. The third-order valence-electron chi connectivity index (χ3n) is 5.57. The Balaban J connectivity index is 1.40. The highest BCUT2D eigenvalue weighted by molar-refractivity contribution is 4.90. The number of β-amino-alcohol motifs (C(OH)–C–C–N with tert-alkyl or cyclic N) is 1. The summed E-state index contributed by atoms with van der Waals surface area (Å²) in [5.74, 6) is 0.402. The molecule has 3 fully saturated rings. The molecule has 2 atom stereocenters. The first-order valence-electron chi connectivity index (χ1n) is 7.97. The lowest BCUT2D eigenvalue weighted by Crippen LogP contribution is -2.43. The lowest BCUT2D eigenvalue weighted by Gasteiger charge is -2.43. The van der Waals surface area contributed by atoms with E-state index in [2.05, 4.69) is 10.6 Å². The molecule has 0 aromatic carbocycles. The van der Waals surface area contributed by atoms with Crippen molar-refractivity contribution < 1.29 is 9.84 Å². The molecule has 3 N–H and O–H groups in total. The highest BCUT2D eigenvalue weighted by Gasteiger charge is 2.36. The summed E-state index contributed by atoms with van der Waals surface area (Å²) >= 11 is 0. The van der Waals surface area contributed by atoms with Gasteiger partial charge in [-0.15, -0.1) is 0 Å². The number of ether oxygens (including phenoxy) is 1.